The van der Waals surface area contributed by atoms with E-state index in [9.17, 15) is 0 Å². The van der Waals surface area contributed by atoms with Gasteiger partial charge in [-0.3, -0.25) is 0 Å². The summed E-state index contributed by atoms with van der Waals surface area (Å²) in [5, 5.41) is 3.56. The fourth-order valence-corrected chi connectivity index (χ4v) is 2.35. The molecule has 0 bridgehead atoms. The summed E-state index contributed by atoms with van der Waals surface area (Å²) in [5.41, 5.74) is 1.33. The van der Waals surface area contributed by atoms with Crippen LogP contribution >= 0.6 is 0 Å². The number of likely N-dealkylation sites (N-methyl/N-ethyl adjacent to an activating group) is 1. The van der Waals surface area contributed by atoms with Gasteiger partial charge in [-0.25, -0.2) is 0 Å². The number of rotatable bonds is 6. The zero-order valence-corrected chi connectivity index (χ0v) is 12.8. The van der Waals surface area contributed by atoms with Crippen molar-refractivity contribution in [2.24, 2.45) is 0 Å². The molecule has 3 heteroatoms. The number of benzene rings is 1. The van der Waals surface area contributed by atoms with Gasteiger partial charge in [-0.15, -0.1) is 0 Å². The van der Waals surface area contributed by atoms with E-state index in [4.69, 9.17) is 4.42 Å². The highest BCUT2D eigenvalue weighted by molar-refractivity contribution is 5.19. The summed E-state index contributed by atoms with van der Waals surface area (Å²) in [6.45, 7) is 5.00. The minimum absolute atomic E-state index is 0.217. The minimum Gasteiger partial charge on any atom is -0.465 e. The van der Waals surface area contributed by atoms with Gasteiger partial charge in [0.2, 0.25) is 0 Å². The van der Waals surface area contributed by atoms with Crippen molar-refractivity contribution >= 4 is 0 Å². The van der Waals surface area contributed by atoms with E-state index in [1.165, 1.54) is 5.56 Å². The Balaban J connectivity index is 1.99. The van der Waals surface area contributed by atoms with Crippen LogP contribution in [0, 0.1) is 6.92 Å². The number of furan rings is 1. The van der Waals surface area contributed by atoms with Crippen molar-refractivity contribution in [3.05, 3.63) is 59.5 Å². The Bertz CT molecular complexity index is 519. The SMILES string of the molecule is Cc1ccc(C(C)NCC(c2ccccc2)N(C)C)o1. The van der Waals surface area contributed by atoms with Crippen LogP contribution in [-0.4, -0.2) is 25.5 Å². The molecule has 0 spiro atoms. The Morgan fingerprint density at radius 2 is 1.80 bits per heavy atom. The molecule has 1 heterocycles. The first kappa shape index (κ1) is 14.8. The van der Waals surface area contributed by atoms with Crippen LogP contribution in [0.1, 0.15) is 36.1 Å². The molecule has 1 aromatic heterocycles. The second-order valence-electron chi connectivity index (χ2n) is 5.47. The highest BCUT2D eigenvalue weighted by Crippen LogP contribution is 2.20. The summed E-state index contributed by atoms with van der Waals surface area (Å²) in [7, 11) is 4.22. The second-order valence-corrected chi connectivity index (χ2v) is 5.47. The van der Waals surface area contributed by atoms with E-state index in [-0.39, 0.29) is 6.04 Å². The van der Waals surface area contributed by atoms with E-state index >= 15 is 0 Å². The van der Waals surface area contributed by atoms with Crippen LogP contribution < -0.4 is 5.32 Å². The lowest BCUT2D eigenvalue weighted by Crippen LogP contribution is -2.32. The number of aryl methyl sites for hydroxylation is 1. The number of nitrogens with one attached hydrogen (secondary N) is 1. The smallest absolute Gasteiger partial charge is 0.120 e. The van der Waals surface area contributed by atoms with E-state index in [1.54, 1.807) is 0 Å². The first-order valence-electron chi connectivity index (χ1n) is 7.09. The highest BCUT2D eigenvalue weighted by atomic mass is 16.3. The molecule has 0 saturated carbocycles. The molecule has 108 valence electrons. The summed E-state index contributed by atoms with van der Waals surface area (Å²) in [6.07, 6.45) is 0. The lowest BCUT2D eigenvalue weighted by molar-refractivity contribution is 0.276. The molecule has 3 nitrogen and oxygen atoms in total. The summed E-state index contributed by atoms with van der Waals surface area (Å²) >= 11 is 0. The average molecular weight is 272 g/mol. The van der Waals surface area contributed by atoms with Gasteiger partial charge < -0.3 is 14.6 Å². The molecule has 0 aliphatic carbocycles. The van der Waals surface area contributed by atoms with Crippen molar-refractivity contribution in [2.75, 3.05) is 20.6 Å². The molecule has 0 aliphatic heterocycles. The number of hydrogen-bond donors (Lipinski definition) is 1. The van der Waals surface area contributed by atoms with E-state index in [1.807, 2.05) is 19.1 Å². The van der Waals surface area contributed by atoms with Gasteiger partial charge in [-0.1, -0.05) is 30.3 Å². The van der Waals surface area contributed by atoms with Gasteiger partial charge in [-0.2, -0.15) is 0 Å². The van der Waals surface area contributed by atoms with E-state index in [2.05, 4.69) is 61.6 Å². The van der Waals surface area contributed by atoms with Crippen molar-refractivity contribution in [1.82, 2.24) is 10.2 Å². The number of hydrogen-bond acceptors (Lipinski definition) is 3. The minimum atomic E-state index is 0.217. The zero-order chi connectivity index (χ0) is 14.5. The molecule has 2 rings (SSSR count). The summed E-state index contributed by atoms with van der Waals surface area (Å²) < 4.78 is 5.67. The van der Waals surface area contributed by atoms with E-state index < -0.39 is 0 Å². The van der Waals surface area contributed by atoms with E-state index in [0.29, 0.717) is 6.04 Å². The van der Waals surface area contributed by atoms with Crippen molar-refractivity contribution in [3.8, 4) is 0 Å². The van der Waals surface area contributed by atoms with Gasteiger partial charge in [0, 0.05) is 12.6 Å². The van der Waals surface area contributed by atoms with Crippen molar-refractivity contribution in [1.29, 1.82) is 0 Å². The molecule has 0 aliphatic rings. The Kier molecular flexibility index (Phi) is 4.99. The van der Waals surface area contributed by atoms with Gasteiger partial charge in [0.1, 0.15) is 11.5 Å². The first-order chi connectivity index (χ1) is 9.58. The summed E-state index contributed by atoms with van der Waals surface area (Å²) in [6, 6.07) is 15.2. The third-order valence-corrected chi connectivity index (χ3v) is 3.61. The van der Waals surface area contributed by atoms with Crippen LogP contribution in [-0.2, 0) is 0 Å². The van der Waals surface area contributed by atoms with Gasteiger partial charge in [-0.05, 0) is 45.6 Å². The first-order valence-corrected chi connectivity index (χ1v) is 7.09. The Labute approximate surface area is 121 Å². The topological polar surface area (TPSA) is 28.4 Å². The predicted molar refractivity (Wildman–Crippen MR) is 82.7 cm³/mol. The number of nitrogens with zero attached hydrogens (tertiary/aromatic N) is 1. The average Bonchev–Trinajstić information content (AvgIpc) is 2.86. The molecule has 0 radical (unpaired) electrons. The third-order valence-electron chi connectivity index (χ3n) is 3.61. The van der Waals surface area contributed by atoms with Gasteiger partial charge in [0.05, 0.1) is 6.04 Å². The van der Waals surface area contributed by atoms with Crippen molar-refractivity contribution in [3.63, 3.8) is 0 Å². The fourth-order valence-electron chi connectivity index (χ4n) is 2.35. The molecule has 2 unspecified atom stereocenters. The van der Waals surface area contributed by atoms with Crippen LogP contribution in [0.3, 0.4) is 0 Å². The Morgan fingerprint density at radius 1 is 1.10 bits per heavy atom. The Hall–Kier alpha value is -1.58. The fraction of sp³-hybridized carbons (Fsp3) is 0.412. The maximum Gasteiger partial charge on any atom is 0.120 e. The predicted octanol–water partition coefficient (Wildman–Crippen LogP) is 3.54. The maximum atomic E-state index is 5.67. The van der Waals surface area contributed by atoms with Gasteiger partial charge >= 0.3 is 0 Å². The molecule has 0 fully saturated rings. The largest absolute Gasteiger partial charge is 0.465 e. The van der Waals surface area contributed by atoms with Crippen LogP contribution in [0.25, 0.3) is 0 Å². The van der Waals surface area contributed by atoms with Crippen LogP contribution in [0.4, 0.5) is 0 Å². The van der Waals surface area contributed by atoms with Crippen LogP contribution in [0.5, 0.6) is 0 Å². The molecular formula is C17H24N2O. The lowest BCUT2D eigenvalue weighted by atomic mass is 10.1. The summed E-state index contributed by atoms with van der Waals surface area (Å²) in [4.78, 5) is 2.24. The molecule has 20 heavy (non-hydrogen) atoms. The monoisotopic (exact) mass is 272 g/mol. The molecule has 1 N–H and O–H groups in total. The molecule has 2 atom stereocenters. The van der Waals surface area contributed by atoms with Gasteiger partial charge in [0.15, 0.2) is 0 Å². The maximum absolute atomic E-state index is 5.67. The molecule has 0 saturated heterocycles. The highest BCUT2D eigenvalue weighted by Gasteiger charge is 2.16. The molecule has 2 aromatic rings. The normalized spacial score (nSPS) is 14.4. The lowest BCUT2D eigenvalue weighted by Gasteiger charge is -2.26. The van der Waals surface area contributed by atoms with Gasteiger partial charge in [0.25, 0.3) is 0 Å². The molecule has 1 aromatic carbocycles. The summed E-state index contributed by atoms with van der Waals surface area (Å²) in [5.74, 6) is 1.95. The third kappa shape index (κ3) is 3.71. The van der Waals surface area contributed by atoms with Crippen LogP contribution in [0.2, 0.25) is 0 Å². The quantitative estimate of drug-likeness (QED) is 0.872. The molecule has 0 amide bonds. The standard InChI is InChI=1S/C17H24N2O/c1-13-10-11-17(20-13)14(2)18-12-16(19(3)4)15-8-6-5-7-9-15/h5-11,14,16,18H,12H2,1-4H3. The van der Waals surface area contributed by atoms with Crippen molar-refractivity contribution < 1.29 is 4.42 Å². The second kappa shape index (κ2) is 6.73. The Morgan fingerprint density at radius 3 is 2.35 bits per heavy atom. The van der Waals surface area contributed by atoms with Crippen LogP contribution in [0.15, 0.2) is 46.9 Å². The van der Waals surface area contributed by atoms with E-state index in [0.717, 1.165) is 18.1 Å². The van der Waals surface area contributed by atoms with Crippen molar-refractivity contribution in [2.45, 2.75) is 25.9 Å². The molecular weight excluding hydrogens is 248 g/mol. The zero-order valence-electron chi connectivity index (χ0n) is 12.8.